The second-order valence-corrected chi connectivity index (χ2v) is 3.10. The van der Waals surface area contributed by atoms with Crippen LogP contribution >= 0.6 is 0 Å². The van der Waals surface area contributed by atoms with Crippen molar-refractivity contribution in [1.82, 2.24) is 0 Å². The molecule has 0 amide bonds. The predicted octanol–water partition coefficient (Wildman–Crippen LogP) is 0.645. The van der Waals surface area contributed by atoms with E-state index in [0.29, 0.717) is 12.8 Å². The van der Waals surface area contributed by atoms with Gasteiger partial charge in [0, 0.05) is 12.8 Å². The van der Waals surface area contributed by atoms with Crippen molar-refractivity contribution >= 4 is 0 Å². The maximum absolute atomic E-state index is 9.60. The molecule has 3 atom stereocenters. The molecule has 0 aliphatic carbocycles. The van der Waals surface area contributed by atoms with Gasteiger partial charge >= 0.3 is 0 Å². The van der Waals surface area contributed by atoms with Crippen LogP contribution in [0.25, 0.3) is 0 Å². The number of hydrogen-bond acceptors (Lipinski definition) is 3. The predicted molar refractivity (Wildman–Crippen MR) is 41.0 cm³/mol. The highest BCUT2D eigenvalue weighted by molar-refractivity contribution is 4.86. The van der Waals surface area contributed by atoms with Gasteiger partial charge in [0.05, 0.1) is 6.10 Å². The SMILES string of the molecule is CCC1CC(O)C(O)(CC)O1. The molecule has 1 saturated heterocycles. The van der Waals surface area contributed by atoms with E-state index in [1.807, 2.05) is 6.92 Å². The molecule has 1 aliphatic rings. The van der Waals surface area contributed by atoms with Crippen molar-refractivity contribution in [2.75, 3.05) is 0 Å². The Balaban J connectivity index is 2.57. The van der Waals surface area contributed by atoms with E-state index >= 15 is 0 Å². The van der Waals surface area contributed by atoms with Gasteiger partial charge in [-0.1, -0.05) is 13.8 Å². The van der Waals surface area contributed by atoms with Crippen molar-refractivity contribution in [3.63, 3.8) is 0 Å². The van der Waals surface area contributed by atoms with Gasteiger partial charge in [-0.2, -0.15) is 0 Å². The van der Waals surface area contributed by atoms with E-state index in [0.717, 1.165) is 6.42 Å². The first kappa shape index (κ1) is 8.97. The number of hydrogen-bond donors (Lipinski definition) is 2. The fourth-order valence-electron chi connectivity index (χ4n) is 1.42. The molecule has 0 bridgehead atoms. The zero-order valence-electron chi connectivity index (χ0n) is 7.08. The standard InChI is InChI=1S/C8H16O3/c1-3-6-5-7(9)8(10,4-2)11-6/h6-7,9-10H,3-5H2,1-2H3. The molecule has 3 heteroatoms. The van der Waals surface area contributed by atoms with E-state index in [4.69, 9.17) is 4.74 Å². The van der Waals surface area contributed by atoms with Gasteiger partial charge in [0.25, 0.3) is 0 Å². The van der Waals surface area contributed by atoms with Gasteiger partial charge in [0.1, 0.15) is 6.10 Å². The Morgan fingerprint density at radius 1 is 1.55 bits per heavy atom. The van der Waals surface area contributed by atoms with Crippen LogP contribution in [0, 0.1) is 0 Å². The van der Waals surface area contributed by atoms with Gasteiger partial charge in [-0.15, -0.1) is 0 Å². The molecule has 1 heterocycles. The molecule has 3 unspecified atom stereocenters. The first-order valence-electron chi connectivity index (χ1n) is 4.20. The van der Waals surface area contributed by atoms with Gasteiger partial charge in [-0.05, 0) is 6.42 Å². The van der Waals surface area contributed by atoms with Crippen molar-refractivity contribution in [3.8, 4) is 0 Å². The van der Waals surface area contributed by atoms with Crippen LogP contribution in [0.2, 0.25) is 0 Å². The molecule has 0 aromatic rings. The summed E-state index contributed by atoms with van der Waals surface area (Å²) in [5, 5.41) is 19.0. The molecule has 11 heavy (non-hydrogen) atoms. The minimum Gasteiger partial charge on any atom is -0.387 e. The van der Waals surface area contributed by atoms with E-state index in [2.05, 4.69) is 0 Å². The lowest BCUT2D eigenvalue weighted by atomic mass is 10.1. The van der Waals surface area contributed by atoms with E-state index in [-0.39, 0.29) is 6.10 Å². The minimum atomic E-state index is -1.28. The van der Waals surface area contributed by atoms with Gasteiger partial charge in [-0.25, -0.2) is 0 Å². The van der Waals surface area contributed by atoms with Crippen LogP contribution in [0.5, 0.6) is 0 Å². The van der Waals surface area contributed by atoms with Crippen LogP contribution in [-0.2, 0) is 4.74 Å². The van der Waals surface area contributed by atoms with Crippen LogP contribution in [0.4, 0.5) is 0 Å². The van der Waals surface area contributed by atoms with Gasteiger partial charge in [-0.3, -0.25) is 0 Å². The van der Waals surface area contributed by atoms with Crippen LogP contribution in [-0.4, -0.2) is 28.2 Å². The fourth-order valence-corrected chi connectivity index (χ4v) is 1.42. The fraction of sp³-hybridized carbons (Fsp3) is 1.00. The second kappa shape index (κ2) is 3.09. The third kappa shape index (κ3) is 1.55. The van der Waals surface area contributed by atoms with Crippen LogP contribution in [0.3, 0.4) is 0 Å². The second-order valence-electron chi connectivity index (χ2n) is 3.10. The van der Waals surface area contributed by atoms with Crippen molar-refractivity contribution < 1.29 is 14.9 Å². The molecule has 0 radical (unpaired) electrons. The summed E-state index contributed by atoms with van der Waals surface area (Å²) in [6.45, 7) is 3.79. The summed E-state index contributed by atoms with van der Waals surface area (Å²) in [6, 6.07) is 0. The lowest BCUT2D eigenvalue weighted by molar-refractivity contribution is -0.228. The highest BCUT2D eigenvalue weighted by Gasteiger charge is 2.44. The van der Waals surface area contributed by atoms with Gasteiger partial charge in [0.15, 0.2) is 5.79 Å². The molecule has 1 fully saturated rings. The minimum absolute atomic E-state index is 0.0231. The summed E-state index contributed by atoms with van der Waals surface area (Å²) in [6.07, 6.45) is 1.16. The summed E-state index contributed by atoms with van der Waals surface area (Å²) >= 11 is 0. The van der Waals surface area contributed by atoms with Crippen molar-refractivity contribution in [3.05, 3.63) is 0 Å². The molecule has 0 aromatic carbocycles. The zero-order valence-corrected chi connectivity index (χ0v) is 7.08. The summed E-state index contributed by atoms with van der Waals surface area (Å²) < 4.78 is 5.27. The highest BCUT2D eigenvalue weighted by Crippen LogP contribution is 2.32. The molecule has 0 saturated carbocycles. The lowest BCUT2D eigenvalue weighted by Gasteiger charge is -2.23. The molecular weight excluding hydrogens is 144 g/mol. The van der Waals surface area contributed by atoms with Gasteiger partial charge in [0.2, 0.25) is 0 Å². The normalized spacial score (nSPS) is 44.7. The average Bonchev–Trinajstić information content (AvgIpc) is 2.29. The summed E-state index contributed by atoms with van der Waals surface area (Å²) in [5.74, 6) is -1.28. The summed E-state index contributed by atoms with van der Waals surface area (Å²) in [7, 11) is 0. The maximum Gasteiger partial charge on any atom is 0.192 e. The highest BCUT2D eigenvalue weighted by atomic mass is 16.7. The van der Waals surface area contributed by atoms with Crippen LogP contribution < -0.4 is 0 Å². The summed E-state index contributed by atoms with van der Waals surface area (Å²) in [4.78, 5) is 0. The average molecular weight is 160 g/mol. The summed E-state index contributed by atoms with van der Waals surface area (Å²) in [5.41, 5.74) is 0. The van der Waals surface area contributed by atoms with Crippen molar-refractivity contribution in [2.45, 2.75) is 51.1 Å². The maximum atomic E-state index is 9.60. The molecule has 3 nitrogen and oxygen atoms in total. The Kier molecular flexibility index (Phi) is 2.52. The first-order valence-corrected chi connectivity index (χ1v) is 4.20. The Bertz CT molecular complexity index is 137. The number of rotatable bonds is 2. The number of aliphatic hydroxyl groups excluding tert-OH is 1. The number of aliphatic hydroxyl groups is 2. The largest absolute Gasteiger partial charge is 0.387 e. The molecule has 66 valence electrons. The Labute approximate surface area is 67.0 Å². The molecule has 1 rings (SSSR count). The van der Waals surface area contributed by atoms with Crippen LogP contribution in [0.1, 0.15) is 33.1 Å². The molecule has 2 N–H and O–H groups in total. The Morgan fingerprint density at radius 2 is 2.18 bits per heavy atom. The third-order valence-electron chi connectivity index (χ3n) is 2.34. The monoisotopic (exact) mass is 160 g/mol. The van der Waals surface area contributed by atoms with E-state index in [1.165, 1.54) is 0 Å². The molecule has 1 aliphatic heterocycles. The van der Waals surface area contributed by atoms with E-state index in [9.17, 15) is 10.2 Å². The quantitative estimate of drug-likeness (QED) is 0.623. The van der Waals surface area contributed by atoms with Crippen molar-refractivity contribution in [2.24, 2.45) is 0 Å². The molecular formula is C8H16O3. The van der Waals surface area contributed by atoms with Crippen molar-refractivity contribution in [1.29, 1.82) is 0 Å². The molecule has 0 spiro atoms. The lowest BCUT2D eigenvalue weighted by Crippen LogP contribution is -2.38. The smallest absolute Gasteiger partial charge is 0.192 e. The molecule has 0 aromatic heterocycles. The van der Waals surface area contributed by atoms with E-state index < -0.39 is 11.9 Å². The first-order chi connectivity index (χ1) is 5.12. The number of ether oxygens (including phenoxy) is 1. The van der Waals surface area contributed by atoms with Gasteiger partial charge < -0.3 is 14.9 Å². The topological polar surface area (TPSA) is 49.7 Å². The third-order valence-corrected chi connectivity index (χ3v) is 2.34. The Morgan fingerprint density at radius 3 is 2.45 bits per heavy atom. The zero-order chi connectivity index (χ0) is 8.48. The van der Waals surface area contributed by atoms with Crippen LogP contribution in [0.15, 0.2) is 0 Å². The van der Waals surface area contributed by atoms with E-state index in [1.54, 1.807) is 6.92 Å². The Hall–Kier alpha value is -0.120.